The van der Waals surface area contributed by atoms with E-state index in [4.69, 9.17) is 14.2 Å². The summed E-state index contributed by atoms with van der Waals surface area (Å²) in [5, 5.41) is 0. The fraction of sp³-hybridized carbons (Fsp3) is 0.765. The summed E-state index contributed by atoms with van der Waals surface area (Å²) in [5.74, 6) is 0.350. The summed E-state index contributed by atoms with van der Waals surface area (Å²) in [6.45, 7) is 5.71. The number of fused-ring (bicyclic) bond motifs is 2. The Morgan fingerprint density at radius 3 is 3.00 bits per heavy atom. The average molecular weight is 306 g/mol. The summed E-state index contributed by atoms with van der Waals surface area (Å²) < 4.78 is 16.3. The van der Waals surface area contributed by atoms with E-state index in [1.165, 1.54) is 0 Å². The number of hydrogen-bond donors (Lipinski definition) is 0. The average Bonchev–Trinajstić information content (AvgIpc) is 2.95. The first-order valence-corrected chi connectivity index (χ1v) is 8.05. The normalized spacial score (nSPS) is 44.0. The van der Waals surface area contributed by atoms with Gasteiger partial charge in [0.15, 0.2) is 6.79 Å². The van der Waals surface area contributed by atoms with Gasteiger partial charge in [-0.05, 0) is 50.4 Å². The van der Waals surface area contributed by atoms with Crippen molar-refractivity contribution in [3.8, 4) is 0 Å². The Morgan fingerprint density at radius 2 is 2.23 bits per heavy atom. The third kappa shape index (κ3) is 1.87. The van der Waals surface area contributed by atoms with Gasteiger partial charge in [0.05, 0.1) is 12.5 Å². The van der Waals surface area contributed by atoms with Gasteiger partial charge < -0.3 is 14.2 Å². The van der Waals surface area contributed by atoms with Crippen LogP contribution in [0.4, 0.5) is 0 Å². The second-order valence-corrected chi connectivity index (χ2v) is 7.78. The summed E-state index contributed by atoms with van der Waals surface area (Å²) in [7, 11) is 0. The van der Waals surface area contributed by atoms with E-state index in [2.05, 4.69) is 6.58 Å². The molecule has 1 aliphatic heterocycles. The van der Waals surface area contributed by atoms with Crippen molar-refractivity contribution < 1.29 is 23.8 Å². The first kappa shape index (κ1) is 14.2. The van der Waals surface area contributed by atoms with Crippen LogP contribution < -0.4 is 0 Å². The van der Waals surface area contributed by atoms with E-state index in [0.717, 1.165) is 32.1 Å². The van der Waals surface area contributed by atoms with Crippen molar-refractivity contribution in [3.05, 3.63) is 12.2 Å². The molecule has 1 heterocycles. The zero-order valence-electron chi connectivity index (χ0n) is 12.9. The van der Waals surface area contributed by atoms with Crippen LogP contribution in [0.2, 0.25) is 0 Å². The number of carbonyl (C=O) groups is 2. The van der Waals surface area contributed by atoms with Crippen molar-refractivity contribution >= 4 is 11.9 Å². The molecule has 5 unspecified atom stereocenters. The first-order chi connectivity index (χ1) is 10.4. The molecule has 1 spiro atoms. The zero-order chi connectivity index (χ0) is 15.5. The summed E-state index contributed by atoms with van der Waals surface area (Å²) >= 11 is 0. The van der Waals surface area contributed by atoms with E-state index in [1.807, 2.05) is 0 Å². The molecule has 0 amide bonds. The van der Waals surface area contributed by atoms with E-state index in [9.17, 15) is 9.59 Å². The molecular weight excluding hydrogens is 284 g/mol. The summed E-state index contributed by atoms with van der Waals surface area (Å²) in [4.78, 5) is 23.4. The molecule has 5 atom stereocenters. The second kappa shape index (κ2) is 4.57. The van der Waals surface area contributed by atoms with E-state index in [1.54, 1.807) is 6.92 Å². The van der Waals surface area contributed by atoms with Gasteiger partial charge in [-0.1, -0.05) is 6.58 Å². The second-order valence-electron chi connectivity index (χ2n) is 7.78. The molecule has 1 saturated heterocycles. The van der Waals surface area contributed by atoms with E-state index in [-0.39, 0.29) is 35.6 Å². The fourth-order valence-corrected chi connectivity index (χ4v) is 5.64. The minimum Gasteiger partial charge on any atom is -0.461 e. The van der Waals surface area contributed by atoms with Gasteiger partial charge in [-0.2, -0.15) is 0 Å². The molecule has 4 fully saturated rings. The van der Waals surface area contributed by atoms with E-state index < -0.39 is 5.97 Å². The first-order valence-electron chi connectivity index (χ1n) is 8.05. The molecular formula is C17H22O5. The van der Waals surface area contributed by atoms with Crippen LogP contribution in [0.25, 0.3) is 0 Å². The number of carbonyl (C=O) groups excluding carboxylic acids is 2. The van der Waals surface area contributed by atoms with E-state index in [0.29, 0.717) is 18.1 Å². The van der Waals surface area contributed by atoms with Gasteiger partial charge >= 0.3 is 11.9 Å². The highest BCUT2D eigenvalue weighted by atomic mass is 16.7. The highest BCUT2D eigenvalue weighted by Crippen LogP contribution is 2.72. The Kier molecular flexibility index (Phi) is 2.96. The molecule has 0 aromatic rings. The lowest BCUT2D eigenvalue weighted by atomic mass is 9.68. The van der Waals surface area contributed by atoms with Crippen LogP contribution in [0, 0.1) is 22.7 Å². The SMILES string of the molecule is C=C(C)C(=O)OCOCC12CC3CC4C(=O)OC(C1)C4(C3)C2. The van der Waals surface area contributed by atoms with Gasteiger partial charge in [-0.25, -0.2) is 4.79 Å². The molecule has 4 rings (SSSR count). The van der Waals surface area contributed by atoms with Crippen LogP contribution in [0.3, 0.4) is 0 Å². The lowest BCUT2D eigenvalue weighted by Crippen LogP contribution is -2.34. The Hall–Kier alpha value is -1.36. The molecule has 0 N–H and O–H groups in total. The van der Waals surface area contributed by atoms with Crippen molar-refractivity contribution in [2.45, 2.75) is 45.1 Å². The van der Waals surface area contributed by atoms with Gasteiger partial charge in [-0.3, -0.25) is 4.79 Å². The van der Waals surface area contributed by atoms with Gasteiger partial charge in [-0.15, -0.1) is 0 Å². The fourth-order valence-electron chi connectivity index (χ4n) is 5.64. The molecule has 22 heavy (non-hydrogen) atoms. The minimum atomic E-state index is -0.419. The number of hydrogen-bond acceptors (Lipinski definition) is 5. The standard InChI is InChI=1S/C17H22O5/c1-10(2)14(18)21-9-20-8-16-4-11-3-12-15(19)22-13(6-16)17(12,5-11)7-16/h11-13H,1,3-9H2,2H3. The Balaban J connectivity index is 1.39. The van der Waals surface area contributed by atoms with E-state index >= 15 is 0 Å². The maximum absolute atomic E-state index is 12.0. The van der Waals surface area contributed by atoms with Crippen LogP contribution >= 0.6 is 0 Å². The van der Waals surface area contributed by atoms with Crippen LogP contribution in [-0.4, -0.2) is 31.4 Å². The largest absolute Gasteiger partial charge is 0.461 e. The predicted octanol–water partition coefficient (Wildman–Crippen LogP) is 2.20. The molecule has 5 nitrogen and oxygen atoms in total. The van der Waals surface area contributed by atoms with Crippen LogP contribution in [0.1, 0.15) is 39.0 Å². The monoisotopic (exact) mass is 306 g/mol. The molecule has 0 aromatic heterocycles. The quantitative estimate of drug-likeness (QED) is 0.337. The van der Waals surface area contributed by atoms with Gasteiger partial charge in [0, 0.05) is 11.0 Å². The van der Waals surface area contributed by atoms with Crippen LogP contribution in [-0.2, 0) is 23.8 Å². The maximum Gasteiger partial charge on any atom is 0.335 e. The van der Waals surface area contributed by atoms with Gasteiger partial charge in [0.1, 0.15) is 6.10 Å². The van der Waals surface area contributed by atoms with Crippen LogP contribution in [0.5, 0.6) is 0 Å². The summed E-state index contributed by atoms with van der Waals surface area (Å²) in [6.07, 6.45) is 5.24. The molecule has 5 heteroatoms. The Labute approximate surface area is 130 Å². The Morgan fingerprint density at radius 1 is 1.41 bits per heavy atom. The molecule has 4 aliphatic rings. The van der Waals surface area contributed by atoms with Crippen molar-refractivity contribution in [3.63, 3.8) is 0 Å². The number of rotatable bonds is 5. The van der Waals surface area contributed by atoms with Crippen molar-refractivity contribution in [2.75, 3.05) is 13.4 Å². The smallest absolute Gasteiger partial charge is 0.335 e. The molecule has 3 bridgehead atoms. The van der Waals surface area contributed by atoms with Crippen LogP contribution in [0.15, 0.2) is 12.2 Å². The molecule has 0 radical (unpaired) electrons. The number of ether oxygens (including phenoxy) is 3. The molecule has 3 saturated carbocycles. The minimum absolute atomic E-state index is 0.0271. The highest BCUT2D eigenvalue weighted by Gasteiger charge is 2.72. The third-order valence-corrected chi connectivity index (χ3v) is 6.19. The zero-order valence-corrected chi connectivity index (χ0v) is 12.9. The third-order valence-electron chi connectivity index (χ3n) is 6.19. The topological polar surface area (TPSA) is 61.8 Å². The van der Waals surface area contributed by atoms with Gasteiger partial charge in [0.25, 0.3) is 0 Å². The lowest BCUT2D eigenvalue weighted by molar-refractivity contribution is -0.156. The molecule has 0 aromatic carbocycles. The van der Waals surface area contributed by atoms with Crippen molar-refractivity contribution in [2.24, 2.45) is 22.7 Å². The molecule has 3 aliphatic carbocycles. The van der Waals surface area contributed by atoms with Crippen molar-refractivity contribution in [1.82, 2.24) is 0 Å². The maximum atomic E-state index is 12.0. The van der Waals surface area contributed by atoms with Crippen molar-refractivity contribution in [1.29, 1.82) is 0 Å². The summed E-state index contributed by atoms with van der Waals surface area (Å²) in [5.41, 5.74) is 0.553. The Bertz CT molecular complexity index is 555. The lowest BCUT2D eigenvalue weighted by Gasteiger charge is -2.37. The predicted molar refractivity (Wildman–Crippen MR) is 76.5 cm³/mol. The van der Waals surface area contributed by atoms with Gasteiger partial charge in [0.2, 0.25) is 0 Å². The summed E-state index contributed by atoms with van der Waals surface area (Å²) in [6, 6.07) is 0. The highest BCUT2D eigenvalue weighted by molar-refractivity contribution is 5.86. The number of esters is 2. The molecule has 120 valence electrons.